The van der Waals surface area contributed by atoms with E-state index >= 15 is 0 Å². The summed E-state index contributed by atoms with van der Waals surface area (Å²) in [6, 6.07) is 11.3. The van der Waals surface area contributed by atoms with Crippen molar-refractivity contribution in [1.29, 1.82) is 5.26 Å². The maximum atomic E-state index is 12.1. The average Bonchev–Trinajstić information content (AvgIpc) is 2.96. The number of nitrogens with one attached hydrogen (secondary N) is 2. The number of aromatic nitrogens is 1. The fourth-order valence-corrected chi connectivity index (χ4v) is 2.35. The first-order valence-electron chi connectivity index (χ1n) is 5.80. The molecular weight excluding hydrogens is 258 g/mol. The van der Waals surface area contributed by atoms with Gasteiger partial charge in [0.05, 0.1) is 17.4 Å². The Kier molecular flexibility index (Phi) is 4.65. The molecule has 2 rings (SSSR count). The fourth-order valence-electron chi connectivity index (χ4n) is 1.64. The molecule has 0 unspecified atom stereocenters. The zero-order valence-corrected chi connectivity index (χ0v) is 11.0. The Bertz CT molecular complexity index is 587. The SMILES string of the molecule is N#CCSc1ccccc1C(=O)NCc1cc[nH]c1. The summed E-state index contributed by atoms with van der Waals surface area (Å²) in [6.07, 6.45) is 3.66. The maximum absolute atomic E-state index is 12.1. The van der Waals surface area contributed by atoms with Crippen LogP contribution in [0.1, 0.15) is 15.9 Å². The number of nitrogens with zero attached hydrogens (tertiary/aromatic N) is 1. The van der Waals surface area contributed by atoms with Crippen LogP contribution in [0, 0.1) is 11.3 Å². The number of carbonyl (C=O) groups excluding carboxylic acids is 1. The molecule has 0 aliphatic carbocycles. The van der Waals surface area contributed by atoms with Crippen molar-refractivity contribution in [3.8, 4) is 6.07 Å². The summed E-state index contributed by atoms with van der Waals surface area (Å²) in [7, 11) is 0. The van der Waals surface area contributed by atoms with Gasteiger partial charge in [-0.05, 0) is 23.8 Å². The summed E-state index contributed by atoms with van der Waals surface area (Å²) in [5, 5.41) is 11.5. The maximum Gasteiger partial charge on any atom is 0.252 e. The lowest BCUT2D eigenvalue weighted by atomic mass is 10.2. The van der Waals surface area contributed by atoms with E-state index in [2.05, 4.69) is 16.4 Å². The summed E-state index contributed by atoms with van der Waals surface area (Å²) < 4.78 is 0. The zero-order chi connectivity index (χ0) is 13.5. The lowest BCUT2D eigenvalue weighted by Gasteiger charge is -2.08. The molecule has 0 aliphatic rings. The van der Waals surface area contributed by atoms with Gasteiger partial charge in [-0.3, -0.25) is 4.79 Å². The lowest BCUT2D eigenvalue weighted by Crippen LogP contribution is -2.23. The molecule has 0 saturated carbocycles. The summed E-state index contributed by atoms with van der Waals surface area (Å²) in [5.41, 5.74) is 1.63. The number of nitriles is 1. The minimum absolute atomic E-state index is 0.123. The molecule has 0 atom stereocenters. The molecule has 0 spiro atoms. The van der Waals surface area contributed by atoms with Crippen LogP contribution in [-0.2, 0) is 6.54 Å². The van der Waals surface area contributed by atoms with Crippen molar-refractivity contribution in [2.24, 2.45) is 0 Å². The van der Waals surface area contributed by atoms with Crippen LogP contribution in [0.15, 0.2) is 47.6 Å². The first-order chi connectivity index (χ1) is 9.31. The zero-order valence-electron chi connectivity index (χ0n) is 10.2. The summed E-state index contributed by atoms with van der Waals surface area (Å²) in [5.74, 6) is 0.212. The number of hydrogen-bond acceptors (Lipinski definition) is 3. The van der Waals surface area contributed by atoms with E-state index in [1.807, 2.05) is 36.7 Å². The molecule has 5 heteroatoms. The number of H-pyrrole nitrogens is 1. The van der Waals surface area contributed by atoms with Crippen LogP contribution >= 0.6 is 11.8 Å². The minimum Gasteiger partial charge on any atom is -0.367 e. The Hall–Kier alpha value is -2.19. The van der Waals surface area contributed by atoms with Crippen molar-refractivity contribution in [2.75, 3.05) is 5.75 Å². The van der Waals surface area contributed by atoms with Gasteiger partial charge in [-0.15, -0.1) is 11.8 Å². The first kappa shape index (κ1) is 13.2. The smallest absolute Gasteiger partial charge is 0.252 e. The Morgan fingerprint density at radius 1 is 1.37 bits per heavy atom. The molecule has 0 saturated heterocycles. The van der Waals surface area contributed by atoms with Gasteiger partial charge in [-0.1, -0.05) is 12.1 Å². The number of amides is 1. The molecule has 96 valence electrons. The van der Waals surface area contributed by atoms with Gasteiger partial charge in [-0.25, -0.2) is 0 Å². The highest BCUT2D eigenvalue weighted by Gasteiger charge is 2.10. The number of rotatable bonds is 5. The molecule has 19 heavy (non-hydrogen) atoms. The molecule has 2 N–H and O–H groups in total. The van der Waals surface area contributed by atoms with Crippen LogP contribution in [0.5, 0.6) is 0 Å². The van der Waals surface area contributed by atoms with Crippen molar-refractivity contribution >= 4 is 17.7 Å². The van der Waals surface area contributed by atoms with Crippen LogP contribution in [0.2, 0.25) is 0 Å². The predicted molar refractivity (Wildman–Crippen MR) is 74.7 cm³/mol. The van der Waals surface area contributed by atoms with Gasteiger partial charge in [0.2, 0.25) is 0 Å². The van der Waals surface area contributed by atoms with Gasteiger partial charge >= 0.3 is 0 Å². The molecule has 1 heterocycles. The van der Waals surface area contributed by atoms with Crippen LogP contribution in [0.4, 0.5) is 0 Å². The molecule has 1 amide bonds. The number of carbonyl (C=O) groups is 1. The third-order valence-electron chi connectivity index (χ3n) is 2.54. The van der Waals surface area contributed by atoms with Crippen molar-refractivity contribution in [3.63, 3.8) is 0 Å². The molecule has 0 bridgehead atoms. The number of aromatic amines is 1. The molecule has 4 nitrogen and oxygen atoms in total. The Morgan fingerprint density at radius 3 is 2.95 bits per heavy atom. The van der Waals surface area contributed by atoms with Crippen molar-refractivity contribution in [1.82, 2.24) is 10.3 Å². The second-order valence-corrected chi connectivity index (χ2v) is 4.86. The van der Waals surface area contributed by atoms with E-state index in [4.69, 9.17) is 5.26 Å². The number of thioether (sulfide) groups is 1. The molecule has 1 aromatic carbocycles. The highest BCUT2D eigenvalue weighted by molar-refractivity contribution is 7.99. The Labute approximate surface area is 115 Å². The summed E-state index contributed by atoms with van der Waals surface area (Å²) >= 11 is 1.37. The van der Waals surface area contributed by atoms with E-state index in [-0.39, 0.29) is 5.91 Å². The largest absolute Gasteiger partial charge is 0.367 e. The molecule has 0 fully saturated rings. The fraction of sp³-hybridized carbons (Fsp3) is 0.143. The van der Waals surface area contributed by atoms with Crippen LogP contribution in [0.3, 0.4) is 0 Å². The van der Waals surface area contributed by atoms with E-state index in [1.54, 1.807) is 6.07 Å². The predicted octanol–water partition coefficient (Wildman–Crippen LogP) is 2.56. The molecule has 1 aromatic heterocycles. The normalized spacial score (nSPS) is 9.84. The summed E-state index contributed by atoms with van der Waals surface area (Å²) in [6.45, 7) is 0.486. The molecular formula is C14H13N3OS. The molecule has 2 aromatic rings. The van der Waals surface area contributed by atoms with Crippen LogP contribution < -0.4 is 5.32 Å². The topological polar surface area (TPSA) is 68.7 Å². The minimum atomic E-state index is -0.123. The Balaban J connectivity index is 2.04. The standard InChI is InChI=1S/C14H13N3OS/c15-6-8-19-13-4-2-1-3-12(13)14(18)17-10-11-5-7-16-9-11/h1-5,7,9,16H,8,10H2,(H,17,18). The van der Waals surface area contributed by atoms with Crippen molar-refractivity contribution in [2.45, 2.75) is 11.4 Å². The monoisotopic (exact) mass is 271 g/mol. The highest BCUT2D eigenvalue weighted by Crippen LogP contribution is 2.22. The van der Waals surface area contributed by atoms with Gasteiger partial charge in [0.25, 0.3) is 5.91 Å². The molecule has 0 radical (unpaired) electrons. The van der Waals surface area contributed by atoms with E-state index in [9.17, 15) is 4.79 Å². The van der Waals surface area contributed by atoms with E-state index in [1.165, 1.54) is 11.8 Å². The second kappa shape index (κ2) is 6.66. The van der Waals surface area contributed by atoms with Gasteiger partial charge in [-0.2, -0.15) is 5.26 Å². The average molecular weight is 271 g/mol. The quantitative estimate of drug-likeness (QED) is 0.821. The third kappa shape index (κ3) is 3.63. The van der Waals surface area contributed by atoms with E-state index < -0.39 is 0 Å². The molecule has 0 aliphatic heterocycles. The van der Waals surface area contributed by atoms with E-state index in [0.717, 1.165) is 10.5 Å². The third-order valence-corrected chi connectivity index (χ3v) is 3.48. The summed E-state index contributed by atoms with van der Waals surface area (Å²) in [4.78, 5) is 15.9. The number of benzene rings is 1. The first-order valence-corrected chi connectivity index (χ1v) is 6.78. The van der Waals surface area contributed by atoms with E-state index in [0.29, 0.717) is 17.9 Å². The van der Waals surface area contributed by atoms with Crippen LogP contribution in [-0.4, -0.2) is 16.6 Å². The van der Waals surface area contributed by atoms with Gasteiger partial charge < -0.3 is 10.3 Å². The van der Waals surface area contributed by atoms with Crippen molar-refractivity contribution in [3.05, 3.63) is 53.9 Å². The van der Waals surface area contributed by atoms with Gasteiger partial charge in [0, 0.05) is 23.8 Å². The van der Waals surface area contributed by atoms with Gasteiger partial charge in [0.1, 0.15) is 0 Å². The van der Waals surface area contributed by atoms with Crippen LogP contribution in [0.25, 0.3) is 0 Å². The number of hydrogen-bond donors (Lipinski definition) is 2. The highest BCUT2D eigenvalue weighted by atomic mass is 32.2. The lowest BCUT2D eigenvalue weighted by molar-refractivity contribution is 0.0948. The van der Waals surface area contributed by atoms with Crippen molar-refractivity contribution < 1.29 is 4.79 Å². The van der Waals surface area contributed by atoms with Gasteiger partial charge in [0.15, 0.2) is 0 Å². The second-order valence-electron chi connectivity index (χ2n) is 3.84. The Morgan fingerprint density at radius 2 is 2.21 bits per heavy atom.